The van der Waals surface area contributed by atoms with E-state index in [4.69, 9.17) is 20.4 Å². The van der Waals surface area contributed by atoms with Crippen molar-refractivity contribution in [2.75, 3.05) is 49.7 Å². The molecule has 2 aliphatic heterocycles. The Hall–Kier alpha value is -5.13. The van der Waals surface area contributed by atoms with Gasteiger partial charge in [-0.05, 0) is 44.1 Å². The van der Waals surface area contributed by atoms with E-state index in [9.17, 15) is 5.26 Å². The molecule has 14 heteroatoms. The van der Waals surface area contributed by atoms with E-state index in [2.05, 4.69) is 33.4 Å². The molecule has 8 rings (SSSR count). The van der Waals surface area contributed by atoms with Crippen LogP contribution in [-0.2, 0) is 13.1 Å². The number of hydrogen-bond donors (Lipinski definition) is 2. The van der Waals surface area contributed by atoms with E-state index in [1.165, 1.54) is 12.1 Å². The summed E-state index contributed by atoms with van der Waals surface area (Å²) in [6, 6.07) is 9.03. The lowest BCUT2D eigenvalue weighted by Gasteiger charge is -2.25. The summed E-state index contributed by atoms with van der Waals surface area (Å²) in [5.74, 6) is -0.217. The summed E-state index contributed by atoms with van der Waals surface area (Å²) >= 11 is 1.12. The van der Waals surface area contributed by atoms with E-state index in [0.29, 0.717) is 70.1 Å². The Balaban J connectivity index is 1.40. The molecule has 2 aromatic carbocycles. The summed E-state index contributed by atoms with van der Waals surface area (Å²) in [5.41, 5.74) is 8.58. The minimum Gasteiger partial charge on any atom is -0.462 e. The molecule has 1 fully saturated rings. The Bertz CT molecular complexity index is 2260. The number of nitrogen functional groups attached to an aromatic ring is 1. The fourth-order valence-corrected chi connectivity index (χ4v) is 7.93. The Kier molecular flexibility index (Phi) is 7.03. The van der Waals surface area contributed by atoms with E-state index in [0.717, 1.165) is 36.3 Å². The number of pyridine rings is 1. The van der Waals surface area contributed by atoms with Gasteiger partial charge in [0, 0.05) is 54.3 Å². The number of benzene rings is 2. The van der Waals surface area contributed by atoms with Crippen molar-refractivity contribution in [3.05, 3.63) is 59.4 Å². The second-order valence-electron chi connectivity index (χ2n) is 11.9. The molecule has 6 aromatic rings. The second-order valence-corrected chi connectivity index (χ2v) is 12.9. The normalized spacial score (nSPS) is 16.4. The summed E-state index contributed by atoms with van der Waals surface area (Å²) in [6.07, 6.45) is 5.32. The zero-order chi connectivity index (χ0) is 32.4. The van der Waals surface area contributed by atoms with E-state index < -0.39 is 11.6 Å². The first-order chi connectivity index (χ1) is 22.9. The van der Waals surface area contributed by atoms with Gasteiger partial charge in [0.15, 0.2) is 5.82 Å². The van der Waals surface area contributed by atoms with Crippen LogP contribution in [0, 0.1) is 23.0 Å². The van der Waals surface area contributed by atoms with Gasteiger partial charge < -0.3 is 25.6 Å². The van der Waals surface area contributed by atoms with Gasteiger partial charge in [0.05, 0.1) is 33.9 Å². The molecule has 238 valence electrons. The standard InChI is InChI=1S/C33H30F2N10OS/c1-38-32-20(13-36)24-19(7-8-22(34)29(24)47-32)23-21-14-40-45-12-11-44(15-17-5-3-9-39-30(17)37)31-25(28(21)45)27(26(23)35)41-33(42-31)46-16-18-6-4-10-43(18)2/h3,5,7-9,14,18,38H,4,6,10-12,15-16H2,1-2H3,(H2,37,39)/t18-/m0/s1. The number of thiophene rings is 1. The van der Waals surface area contributed by atoms with Crippen LogP contribution in [0.2, 0.25) is 0 Å². The molecule has 0 unspecified atom stereocenters. The summed E-state index contributed by atoms with van der Waals surface area (Å²) in [6.45, 7) is 2.67. The largest absolute Gasteiger partial charge is 0.462 e. The number of nitrogens with one attached hydrogen (secondary N) is 1. The number of fused-ring (bicyclic) bond motifs is 1. The predicted octanol–water partition coefficient (Wildman–Crippen LogP) is 5.52. The molecule has 2 aliphatic rings. The highest BCUT2D eigenvalue weighted by molar-refractivity contribution is 7.23. The number of aromatic nitrogens is 5. The minimum absolute atomic E-state index is 0.0557. The third-order valence-corrected chi connectivity index (χ3v) is 10.5. The third-order valence-electron chi connectivity index (χ3n) is 9.29. The molecule has 4 aromatic heterocycles. The fourth-order valence-electron chi connectivity index (χ4n) is 6.89. The number of nitrogens with two attached hydrogens (primary N) is 1. The Morgan fingerprint density at radius 1 is 1.17 bits per heavy atom. The average Bonchev–Trinajstić information content (AvgIpc) is 3.77. The van der Waals surface area contributed by atoms with Gasteiger partial charge in [0.2, 0.25) is 0 Å². The first-order valence-corrected chi connectivity index (χ1v) is 16.2. The molecule has 0 saturated carbocycles. The quantitative estimate of drug-likeness (QED) is 0.227. The van der Waals surface area contributed by atoms with Gasteiger partial charge in [-0.2, -0.15) is 20.3 Å². The van der Waals surface area contributed by atoms with E-state index >= 15 is 8.78 Å². The number of anilines is 3. The number of nitrogens with zero attached hydrogens (tertiary/aromatic N) is 8. The van der Waals surface area contributed by atoms with Crippen LogP contribution in [0.1, 0.15) is 24.0 Å². The molecular weight excluding hydrogens is 622 g/mol. The van der Waals surface area contributed by atoms with Crippen molar-refractivity contribution in [3.8, 4) is 23.2 Å². The number of likely N-dealkylation sites (tertiary alicyclic amines) is 1. The molecule has 0 aliphatic carbocycles. The van der Waals surface area contributed by atoms with Gasteiger partial charge in [0.1, 0.15) is 40.6 Å². The summed E-state index contributed by atoms with van der Waals surface area (Å²) in [5, 5.41) is 19.7. The second kappa shape index (κ2) is 11.3. The van der Waals surface area contributed by atoms with Crippen LogP contribution in [0.4, 0.5) is 25.4 Å². The summed E-state index contributed by atoms with van der Waals surface area (Å²) in [4.78, 5) is 18.1. The molecule has 3 N–H and O–H groups in total. The number of nitriles is 1. The molecule has 0 bridgehead atoms. The maximum Gasteiger partial charge on any atom is 0.319 e. The van der Waals surface area contributed by atoms with Crippen LogP contribution in [0.5, 0.6) is 6.01 Å². The molecule has 1 atom stereocenters. The predicted molar refractivity (Wildman–Crippen MR) is 179 cm³/mol. The van der Waals surface area contributed by atoms with Crippen LogP contribution < -0.4 is 20.7 Å². The lowest BCUT2D eigenvalue weighted by atomic mass is 9.94. The van der Waals surface area contributed by atoms with Crippen LogP contribution >= 0.6 is 11.3 Å². The fraction of sp³-hybridized carbons (Fsp3) is 0.303. The van der Waals surface area contributed by atoms with Gasteiger partial charge in [0.25, 0.3) is 0 Å². The van der Waals surface area contributed by atoms with E-state index in [1.807, 2.05) is 21.7 Å². The Labute approximate surface area is 272 Å². The highest BCUT2D eigenvalue weighted by atomic mass is 32.1. The van der Waals surface area contributed by atoms with Crippen molar-refractivity contribution in [3.63, 3.8) is 0 Å². The molecule has 6 heterocycles. The molecular formula is C33H30F2N10OS. The minimum atomic E-state index is -0.629. The number of rotatable bonds is 7. The maximum atomic E-state index is 17.4. The van der Waals surface area contributed by atoms with Crippen molar-refractivity contribution < 1.29 is 13.5 Å². The van der Waals surface area contributed by atoms with Gasteiger partial charge in [-0.3, -0.25) is 4.68 Å². The van der Waals surface area contributed by atoms with Gasteiger partial charge in [-0.1, -0.05) is 12.1 Å². The van der Waals surface area contributed by atoms with E-state index in [-0.39, 0.29) is 33.4 Å². The Morgan fingerprint density at radius 3 is 2.81 bits per heavy atom. The summed E-state index contributed by atoms with van der Waals surface area (Å²) in [7, 11) is 3.73. The first-order valence-electron chi connectivity index (χ1n) is 15.4. The Morgan fingerprint density at radius 2 is 2.04 bits per heavy atom. The SMILES string of the molecule is CNc1sc2c(F)ccc(-c3c(F)c4nc(OC[C@@H]5CCCN5C)nc5c4c4c3cnn4CCN5Cc3cccnc3N)c2c1C#N. The van der Waals surface area contributed by atoms with Crippen molar-refractivity contribution in [2.24, 2.45) is 0 Å². The van der Waals surface area contributed by atoms with Crippen molar-refractivity contribution in [1.29, 1.82) is 5.26 Å². The number of hydrogen-bond acceptors (Lipinski definition) is 11. The topological polar surface area (TPSA) is 134 Å². The van der Waals surface area contributed by atoms with Gasteiger partial charge in [-0.25, -0.2) is 13.8 Å². The van der Waals surface area contributed by atoms with Crippen LogP contribution in [0.3, 0.4) is 0 Å². The molecule has 47 heavy (non-hydrogen) atoms. The van der Waals surface area contributed by atoms with Crippen LogP contribution in [0.15, 0.2) is 36.7 Å². The van der Waals surface area contributed by atoms with E-state index in [1.54, 1.807) is 19.4 Å². The van der Waals surface area contributed by atoms with Gasteiger partial charge in [-0.15, -0.1) is 11.3 Å². The van der Waals surface area contributed by atoms with Crippen molar-refractivity contribution >= 4 is 59.9 Å². The molecule has 11 nitrogen and oxygen atoms in total. The maximum absolute atomic E-state index is 17.4. The number of ether oxygens (including phenoxy) is 1. The monoisotopic (exact) mass is 652 g/mol. The molecule has 0 radical (unpaired) electrons. The van der Waals surface area contributed by atoms with Crippen LogP contribution in [-0.4, -0.2) is 69.5 Å². The first kappa shape index (κ1) is 29.3. The highest BCUT2D eigenvalue weighted by Gasteiger charge is 2.31. The molecule has 0 amide bonds. The summed E-state index contributed by atoms with van der Waals surface area (Å²) < 4.78 is 40.8. The van der Waals surface area contributed by atoms with Crippen molar-refractivity contribution in [1.82, 2.24) is 29.6 Å². The smallest absolute Gasteiger partial charge is 0.319 e. The van der Waals surface area contributed by atoms with Crippen molar-refractivity contribution in [2.45, 2.75) is 32.0 Å². The highest BCUT2D eigenvalue weighted by Crippen LogP contribution is 2.47. The van der Waals surface area contributed by atoms with Crippen LogP contribution in [0.25, 0.3) is 43.0 Å². The number of halogens is 2. The molecule has 1 saturated heterocycles. The van der Waals surface area contributed by atoms with Gasteiger partial charge >= 0.3 is 6.01 Å². The third kappa shape index (κ3) is 4.60. The lowest BCUT2D eigenvalue weighted by molar-refractivity contribution is 0.188. The zero-order valence-corrected chi connectivity index (χ0v) is 26.5. The average molecular weight is 653 g/mol. The zero-order valence-electron chi connectivity index (χ0n) is 25.7. The number of likely N-dealkylation sites (N-methyl/N-ethyl adjacent to an activating group) is 1. The molecule has 0 spiro atoms. The lowest BCUT2D eigenvalue weighted by Crippen LogP contribution is -2.31.